The number of aromatic carboxylic acids is 1. The topological polar surface area (TPSA) is 102 Å². The summed E-state index contributed by atoms with van der Waals surface area (Å²) >= 11 is 0. The summed E-state index contributed by atoms with van der Waals surface area (Å²) < 4.78 is 32.2. The molecule has 9 heteroatoms. The second kappa shape index (κ2) is 7.43. The van der Waals surface area contributed by atoms with Crippen LogP contribution in [0.5, 0.6) is 11.5 Å². The predicted molar refractivity (Wildman–Crippen MR) is 104 cm³/mol. The van der Waals surface area contributed by atoms with E-state index in [-0.39, 0.29) is 17.0 Å². The molecule has 0 saturated heterocycles. The molecule has 0 aromatic heterocycles. The molecule has 30 heavy (non-hydrogen) atoms. The quantitative estimate of drug-likeness (QED) is 0.345. The Hall–Kier alpha value is -4.01. The Labute approximate surface area is 168 Å². The number of nitrogens with zero attached hydrogens (tertiary/aromatic N) is 1. The number of benzene rings is 3. The summed E-state index contributed by atoms with van der Waals surface area (Å²) in [6, 6.07) is 11.1. The standard InChI is InChI=1S/C21H14F2N2O5/c22-15-5-3-11(7-16(15)23)1-2-12-4-6-17-18(8-12)30-19-10-13(25(28)29)9-14(21(26)27)20(19)24-17/h3-10,24H,1-2H2,(H,26,27). The van der Waals surface area contributed by atoms with Gasteiger partial charge in [-0.1, -0.05) is 12.1 Å². The van der Waals surface area contributed by atoms with E-state index in [1.807, 2.05) is 0 Å². The molecule has 1 aliphatic rings. The maximum Gasteiger partial charge on any atom is 0.338 e. The van der Waals surface area contributed by atoms with Crippen LogP contribution in [0.1, 0.15) is 21.5 Å². The van der Waals surface area contributed by atoms with Crippen molar-refractivity contribution in [3.8, 4) is 11.5 Å². The first-order chi connectivity index (χ1) is 14.3. The van der Waals surface area contributed by atoms with Gasteiger partial charge in [-0.25, -0.2) is 13.6 Å². The van der Waals surface area contributed by atoms with Crippen LogP contribution >= 0.6 is 0 Å². The Kier molecular flexibility index (Phi) is 4.78. The number of anilines is 2. The molecule has 0 fully saturated rings. The van der Waals surface area contributed by atoms with Gasteiger partial charge in [0, 0.05) is 6.07 Å². The lowest BCUT2D eigenvalue weighted by Crippen LogP contribution is -2.10. The lowest BCUT2D eigenvalue weighted by molar-refractivity contribution is -0.384. The maximum absolute atomic E-state index is 13.4. The van der Waals surface area contributed by atoms with Gasteiger partial charge < -0.3 is 15.2 Å². The van der Waals surface area contributed by atoms with E-state index in [1.54, 1.807) is 18.2 Å². The Morgan fingerprint density at radius 2 is 1.70 bits per heavy atom. The highest BCUT2D eigenvalue weighted by atomic mass is 19.2. The van der Waals surface area contributed by atoms with E-state index in [0.717, 1.165) is 29.8 Å². The summed E-state index contributed by atoms with van der Waals surface area (Å²) in [7, 11) is 0. The first-order valence-electron chi connectivity index (χ1n) is 8.89. The molecule has 0 saturated carbocycles. The van der Waals surface area contributed by atoms with E-state index >= 15 is 0 Å². The van der Waals surface area contributed by atoms with Crippen LogP contribution in [-0.2, 0) is 12.8 Å². The highest BCUT2D eigenvalue weighted by Crippen LogP contribution is 2.45. The van der Waals surface area contributed by atoms with Crippen LogP contribution in [-0.4, -0.2) is 16.0 Å². The average molecular weight is 412 g/mol. The molecule has 0 radical (unpaired) electrons. The van der Waals surface area contributed by atoms with Gasteiger partial charge in [0.1, 0.15) is 0 Å². The number of hydrogen-bond acceptors (Lipinski definition) is 5. The highest BCUT2D eigenvalue weighted by molar-refractivity contribution is 5.99. The van der Waals surface area contributed by atoms with E-state index in [9.17, 15) is 28.8 Å². The van der Waals surface area contributed by atoms with E-state index in [0.29, 0.717) is 29.8 Å². The molecular weight excluding hydrogens is 398 g/mol. The Morgan fingerprint density at radius 3 is 2.37 bits per heavy atom. The molecule has 0 spiro atoms. The number of carboxylic acids is 1. The number of non-ortho nitro benzene ring substituents is 1. The molecule has 2 N–H and O–H groups in total. The van der Waals surface area contributed by atoms with Gasteiger partial charge >= 0.3 is 5.97 Å². The van der Waals surface area contributed by atoms with Gasteiger partial charge in [-0.15, -0.1) is 0 Å². The number of hydrogen-bond donors (Lipinski definition) is 2. The number of aryl methyl sites for hydroxylation is 2. The minimum absolute atomic E-state index is 0.0341. The average Bonchev–Trinajstić information content (AvgIpc) is 2.71. The fourth-order valence-corrected chi connectivity index (χ4v) is 3.23. The minimum Gasteiger partial charge on any atom is -0.478 e. The number of carboxylic acid groups (broad SMARTS) is 1. The molecule has 0 aliphatic carbocycles. The molecule has 3 aromatic carbocycles. The van der Waals surface area contributed by atoms with E-state index in [2.05, 4.69) is 5.32 Å². The third kappa shape index (κ3) is 3.64. The van der Waals surface area contributed by atoms with Crippen molar-refractivity contribution < 1.29 is 28.3 Å². The Balaban J connectivity index is 1.60. The van der Waals surface area contributed by atoms with Crippen molar-refractivity contribution in [1.82, 2.24) is 0 Å². The van der Waals surface area contributed by atoms with Crippen molar-refractivity contribution in [1.29, 1.82) is 0 Å². The van der Waals surface area contributed by atoms with Crippen LogP contribution in [0, 0.1) is 21.7 Å². The molecule has 0 bridgehead atoms. The third-order valence-corrected chi connectivity index (χ3v) is 4.74. The van der Waals surface area contributed by atoms with E-state index in [4.69, 9.17) is 4.74 Å². The van der Waals surface area contributed by atoms with Crippen molar-refractivity contribution in [2.75, 3.05) is 5.32 Å². The fraction of sp³-hybridized carbons (Fsp3) is 0.0952. The van der Waals surface area contributed by atoms with Crippen LogP contribution in [0.3, 0.4) is 0 Å². The van der Waals surface area contributed by atoms with Crippen molar-refractivity contribution in [2.45, 2.75) is 12.8 Å². The van der Waals surface area contributed by atoms with Crippen LogP contribution in [0.25, 0.3) is 0 Å². The SMILES string of the molecule is O=C(O)c1cc([N+](=O)[O-])cc2c1Nc1ccc(CCc3ccc(F)c(F)c3)cc1O2. The number of nitro groups is 1. The first-order valence-corrected chi connectivity index (χ1v) is 8.89. The molecule has 0 amide bonds. The number of nitrogens with one attached hydrogen (secondary N) is 1. The van der Waals surface area contributed by atoms with Crippen molar-refractivity contribution in [3.05, 3.63) is 87.0 Å². The number of nitro benzene ring substituents is 1. The first kappa shape index (κ1) is 19.3. The van der Waals surface area contributed by atoms with Crippen LogP contribution in [0.2, 0.25) is 0 Å². The van der Waals surface area contributed by atoms with Crippen LogP contribution < -0.4 is 10.1 Å². The lowest BCUT2D eigenvalue weighted by atomic mass is 10.0. The summed E-state index contributed by atoms with van der Waals surface area (Å²) in [5.74, 6) is -2.72. The normalized spacial score (nSPS) is 11.7. The molecule has 1 heterocycles. The van der Waals surface area contributed by atoms with Gasteiger partial charge in [-0.05, 0) is 48.2 Å². The van der Waals surface area contributed by atoms with E-state index < -0.39 is 28.2 Å². The molecule has 7 nitrogen and oxygen atoms in total. The van der Waals surface area contributed by atoms with E-state index in [1.165, 1.54) is 6.07 Å². The number of carbonyl (C=O) groups is 1. The second-order valence-electron chi connectivity index (χ2n) is 6.73. The second-order valence-corrected chi connectivity index (χ2v) is 6.73. The van der Waals surface area contributed by atoms with Crippen molar-refractivity contribution in [3.63, 3.8) is 0 Å². The molecule has 0 unspecified atom stereocenters. The summed E-state index contributed by atoms with van der Waals surface area (Å²) in [6.07, 6.45) is 0.985. The van der Waals surface area contributed by atoms with Crippen molar-refractivity contribution in [2.24, 2.45) is 0 Å². The zero-order valence-electron chi connectivity index (χ0n) is 15.3. The smallest absolute Gasteiger partial charge is 0.338 e. The Bertz CT molecular complexity index is 1200. The zero-order valence-corrected chi connectivity index (χ0v) is 15.3. The largest absolute Gasteiger partial charge is 0.478 e. The predicted octanol–water partition coefficient (Wildman–Crippen LogP) is 5.21. The molecule has 3 aromatic rings. The molecule has 4 rings (SSSR count). The number of rotatable bonds is 5. The fourth-order valence-electron chi connectivity index (χ4n) is 3.23. The molecular formula is C21H14F2N2O5. The van der Waals surface area contributed by atoms with Crippen LogP contribution in [0.4, 0.5) is 25.8 Å². The summed E-state index contributed by atoms with van der Waals surface area (Å²) in [5.41, 5.74) is 1.45. The van der Waals surface area contributed by atoms with Crippen molar-refractivity contribution >= 4 is 23.0 Å². The maximum atomic E-state index is 13.4. The summed E-state index contributed by atoms with van der Waals surface area (Å²) in [6.45, 7) is 0. The Morgan fingerprint density at radius 1 is 1.00 bits per heavy atom. The number of fused-ring (bicyclic) bond motifs is 2. The number of ether oxygens (including phenoxy) is 1. The van der Waals surface area contributed by atoms with Gasteiger partial charge in [-0.2, -0.15) is 0 Å². The molecule has 0 atom stereocenters. The van der Waals surface area contributed by atoms with Crippen LogP contribution in [0.15, 0.2) is 48.5 Å². The molecule has 1 aliphatic heterocycles. The van der Waals surface area contributed by atoms with Gasteiger partial charge in [0.2, 0.25) is 0 Å². The number of halogens is 2. The van der Waals surface area contributed by atoms with Gasteiger partial charge in [0.05, 0.1) is 27.9 Å². The zero-order chi connectivity index (χ0) is 21.4. The highest BCUT2D eigenvalue weighted by Gasteiger charge is 2.26. The molecule has 152 valence electrons. The summed E-state index contributed by atoms with van der Waals surface area (Å²) in [4.78, 5) is 21.9. The minimum atomic E-state index is -1.32. The third-order valence-electron chi connectivity index (χ3n) is 4.74. The van der Waals surface area contributed by atoms with Gasteiger partial charge in [-0.3, -0.25) is 10.1 Å². The monoisotopic (exact) mass is 412 g/mol. The lowest BCUT2D eigenvalue weighted by Gasteiger charge is -2.23. The summed E-state index contributed by atoms with van der Waals surface area (Å²) in [5, 5.41) is 23.4. The van der Waals surface area contributed by atoms with Gasteiger partial charge in [0.15, 0.2) is 23.1 Å². The van der Waals surface area contributed by atoms with Gasteiger partial charge in [0.25, 0.3) is 5.69 Å².